The van der Waals surface area contributed by atoms with E-state index in [0.717, 1.165) is 64.7 Å². The van der Waals surface area contributed by atoms with Crippen molar-refractivity contribution in [3.05, 3.63) is 0 Å². The van der Waals surface area contributed by atoms with Gasteiger partial charge in [0.15, 0.2) is 0 Å². The van der Waals surface area contributed by atoms with Gasteiger partial charge in [-0.25, -0.2) is 4.79 Å². The molecule has 0 aromatic rings. The standard InChI is InChI=1S/C13H24N2O2.C8H13NO2/c1-12(2,3)17-11(16)15-6-4-13(5-7-15)8-10(13)9-14;10-7(11)6-1-3-8(4-2-6)5-9-8/h10H,4-9,14H2,1-3H3;6,9H,1-5H2,(H,10,11)/t10-;/m1./s1. The summed E-state index contributed by atoms with van der Waals surface area (Å²) in [6.07, 6.45) is 7.12. The highest BCUT2D eigenvalue weighted by molar-refractivity contribution is 5.70. The maximum Gasteiger partial charge on any atom is 0.410 e. The number of nitrogens with two attached hydrogens (primary N) is 1. The molecule has 4 fully saturated rings. The number of carbonyl (C=O) groups is 2. The molecule has 2 heterocycles. The summed E-state index contributed by atoms with van der Waals surface area (Å²) in [4.78, 5) is 24.3. The third-order valence-electron chi connectivity index (χ3n) is 7.02. The first-order valence-electron chi connectivity index (χ1n) is 10.7. The second kappa shape index (κ2) is 7.82. The van der Waals surface area contributed by atoms with Gasteiger partial charge in [0, 0.05) is 25.2 Å². The van der Waals surface area contributed by atoms with Crippen molar-refractivity contribution in [2.45, 2.75) is 76.9 Å². The van der Waals surface area contributed by atoms with E-state index in [9.17, 15) is 9.59 Å². The summed E-state index contributed by atoms with van der Waals surface area (Å²) in [5.74, 6) is 0.0202. The minimum atomic E-state index is -0.611. The van der Waals surface area contributed by atoms with E-state index < -0.39 is 11.6 Å². The number of ether oxygens (including phenoxy) is 1. The summed E-state index contributed by atoms with van der Waals surface area (Å²) in [6, 6.07) is 0. The van der Waals surface area contributed by atoms with Crippen molar-refractivity contribution in [3.63, 3.8) is 0 Å². The zero-order valence-corrected chi connectivity index (χ0v) is 17.6. The van der Waals surface area contributed by atoms with Crippen LogP contribution >= 0.6 is 0 Å². The van der Waals surface area contributed by atoms with E-state index in [1.54, 1.807) is 0 Å². The summed E-state index contributed by atoms with van der Waals surface area (Å²) in [5, 5.41) is 12.0. The summed E-state index contributed by atoms with van der Waals surface area (Å²) in [5.41, 5.74) is 6.16. The van der Waals surface area contributed by atoms with Crippen LogP contribution in [0, 0.1) is 17.3 Å². The lowest BCUT2D eigenvalue weighted by molar-refractivity contribution is -0.142. The largest absolute Gasteiger partial charge is 0.481 e. The molecule has 2 aliphatic heterocycles. The molecule has 0 aromatic carbocycles. The molecule has 2 saturated heterocycles. The maximum atomic E-state index is 11.9. The quantitative estimate of drug-likeness (QED) is 0.619. The average molecular weight is 396 g/mol. The highest BCUT2D eigenvalue weighted by Gasteiger charge is 2.54. The summed E-state index contributed by atoms with van der Waals surface area (Å²) in [6.45, 7) is 9.27. The van der Waals surface area contributed by atoms with Crippen molar-refractivity contribution in [1.82, 2.24) is 10.2 Å². The van der Waals surface area contributed by atoms with Crippen LogP contribution in [-0.4, -0.2) is 59.4 Å². The zero-order chi connectivity index (χ0) is 20.6. The zero-order valence-electron chi connectivity index (χ0n) is 17.6. The van der Waals surface area contributed by atoms with Gasteiger partial charge in [-0.05, 0) is 83.6 Å². The van der Waals surface area contributed by atoms with Crippen molar-refractivity contribution in [2.24, 2.45) is 23.0 Å². The van der Waals surface area contributed by atoms with Crippen LogP contribution in [0.25, 0.3) is 0 Å². The second-order valence-corrected chi connectivity index (χ2v) is 10.2. The maximum absolute atomic E-state index is 11.9. The molecule has 0 bridgehead atoms. The van der Waals surface area contributed by atoms with Crippen molar-refractivity contribution < 1.29 is 19.4 Å². The van der Waals surface area contributed by atoms with E-state index in [1.807, 2.05) is 25.7 Å². The number of carboxylic acids is 1. The van der Waals surface area contributed by atoms with Crippen LogP contribution in [0.1, 0.15) is 65.7 Å². The van der Waals surface area contributed by atoms with Crippen LogP contribution in [0.5, 0.6) is 0 Å². The van der Waals surface area contributed by atoms with Gasteiger partial charge < -0.3 is 25.8 Å². The first-order chi connectivity index (χ1) is 13.1. The normalized spacial score (nSPS) is 33.1. The van der Waals surface area contributed by atoms with Crippen molar-refractivity contribution in [3.8, 4) is 0 Å². The number of nitrogens with zero attached hydrogens (tertiary/aromatic N) is 1. The van der Waals surface area contributed by atoms with Crippen LogP contribution in [-0.2, 0) is 9.53 Å². The Hall–Kier alpha value is -1.34. The first-order valence-corrected chi connectivity index (χ1v) is 10.7. The molecular weight excluding hydrogens is 358 g/mol. The van der Waals surface area contributed by atoms with Gasteiger partial charge in [-0.1, -0.05) is 0 Å². The fourth-order valence-corrected chi connectivity index (χ4v) is 4.73. The lowest BCUT2D eigenvalue weighted by Crippen LogP contribution is -2.42. The van der Waals surface area contributed by atoms with Crippen LogP contribution in [0.4, 0.5) is 4.79 Å². The van der Waals surface area contributed by atoms with E-state index in [0.29, 0.717) is 16.9 Å². The fourth-order valence-electron chi connectivity index (χ4n) is 4.73. The van der Waals surface area contributed by atoms with Crippen molar-refractivity contribution >= 4 is 12.1 Å². The van der Waals surface area contributed by atoms with Gasteiger partial charge in [-0.2, -0.15) is 0 Å². The SMILES string of the molecule is CC(C)(C)OC(=O)N1CCC2(CC1)C[C@@H]2CN.O=C(O)C1CCC2(CC1)CN2. The number of carboxylic acid groups (broad SMARTS) is 1. The van der Waals surface area contributed by atoms with Gasteiger partial charge in [0.2, 0.25) is 0 Å². The number of amides is 1. The van der Waals surface area contributed by atoms with Crippen molar-refractivity contribution in [2.75, 3.05) is 26.2 Å². The molecular formula is C21H37N3O4. The molecule has 7 heteroatoms. The molecule has 28 heavy (non-hydrogen) atoms. The fraction of sp³-hybridized carbons (Fsp3) is 0.905. The second-order valence-electron chi connectivity index (χ2n) is 10.2. The molecule has 2 spiro atoms. The first kappa shape index (κ1) is 21.4. The molecule has 1 atom stereocenters. The Morgan fingerprint density at radius 2 is 1.75 bits per heavy atom. The minimum Gasteiger partial charge on any atom is -0.481 e. The highest BCUT2D eigenvalue weighted by atomic mass is 16.6. The van der Waals surface area contributed by atoms with E-state index in [1.165, 1.54) is 6.42 Å². The lowest BCUT2D eigenvalue weighted by Gasteiger charge is -2.34. The number of carbonyl (C=O) groups excluding carboxylic acids is 1. The molecule has 0 unspecified atom stereocenters. The molecule has 4 aliphatic rings. The van der Waals surface area contributed by atoms with Crippen LogP contribution in [0.2, 0.25) is 0 Å². The molecule has 160 valence electrons. The van der Waals surface area contributed by atoms with Gasteiger partial charge in [-0.15, -0.1) is 0 Å². The monoisotopic (exact) mass is 395 g/mol. The topological polar surface area (TPSA) is 115 Å². The van der Waals surface area contributed by atoms with Crippen LogP contribution < -0.4 is 11.1 Å². The van der Waals surface area contributed by atoms with Gasteiger partial charge >= 0.3 is 12.1 Å². The Labute approximate surface area is 168 Å². The summed E-state index contributed by atoms with van der Waals surface area (Å²) >= 11 is 0. The smallest absolute Gasteiger partial charge is 0.410 e. The predicted octanol–water partition coefficient (Wildman–Crippen LogP) is 2.59. The van der Waals surface area contributed by atoms with Crippen LogP contribution in [0.3, 0.4) is 0 Å². The third-order valence-corrected chi connectivity index (χ3v) is 7.02. The molecule has 2 saturated carbocycles. The van der Waals surface area contributed by atoms with E-state index in [4.69, 9.17) is 15.6 Å². The number of rotatable bonds is 2. The Balaban J connectivity index is 0.000000176. The molecule has 4 rings (SSSR count). The number of nitrogens with one attached hydrogen (secondary N) is 1. The number of hydrogen-bond donors (Lipinski definition) is 3. The lowest BCUT2D eigenvalue weighted by atomic mass is 9.82. The molecule has 2 aliphatic carbocycles. The molecule has 4 N–H and O–H groups in total. The molecule has 0 radical (unpaired) electrons. The Kier molecular flexibility index (Phi) is 5.97. The van der Waals surface area contributed by atoms with E-state index >= 15 is 0 Å². The number of aliphatic carboxylic acids is 1. The number of piperidine rings is 1. The Morgan fingerprint density at radius 1 is 1.18 bits per heavy atom. The average Bonchev–Trinajstić information content (AvgIpc) is 3.53. The number of hydrogen-bond acceptors (Lipinski definition) is 5. The molecule has 7 nitrogen and oxygen atoms in total. The number of likely N-dealkylation sites (tertiary alicyclic amines) is 1. The summed E-state index contributed by atoms with van der Waals surface area (Å²) < 4.78 is 5.38. The van der Waals surface area contributed by atoms with Gasteiger partial charge in [0.1, 0.15) is 5.60 Å². The third kappa shape index (κ3) is 5.17. The van der Waals surface area contributed by atoms with Crippen LogP contribution in [0.15, 0.2) is 0 Å². The molecule has 0 aromatic heterocycles. The highest BCUT2D eigenvalue weighted by Crippen LogP contribution is 2.58. The Bertz CT molecular complexity index is 579. The summed E-state index contributed by atoms with van der Waals surface area (Å²) in [7, 11) is 0. The molecule has 1 amide bonds. The van der Waals surface area contributed by atoms with Gasteiger partial charge in [0.05, 0.1) is 5.92 Å². The Morgan fingerprint density at radius 3 is 2.14 bits per heavy atom. The predicted molar refractivity (Wildman–Crippen MR) is 107 cm³/mol. The van der Waals surface area contributed by atoms with Gasteiger partial charge in [-0.3, -0.25) is 4.79 Å². The van der Waals surface area contributed by atoms with E-state index in [-0.39, 0.29) is 12.0 Å². The van der Waals surface area contributed by atoms with E-state index in [2.05, 4.69) is 5.32 Å². The minimum absolute atomic E-state index is 0.0666. The van der Waals surface area contributed by atoms with Gasteiger partial charge in [0.25, 0.3) is 0 Å². The van der Waals surface area contributed by atoms with Crippen molar-refractivity contribution in [1.29, 1.82) is 0 Å².